The number of nitrogens with zero attached hydrogens (tertiary/aromatic N) is 3. The Bertz CT molecular complexity index is 858. The minimum Gasteiger partial charge on any atom is -0.508 e. The van der Waals surface area contributed by atoms with Crippen molar-refractivity contribution in [2.24, 2.45) is 0 Å². The van der Waals surface area contributed by atoms with E-state index >= 15 is 0 Å². The fourth-order valence-corrected chi connectivity index (χ4v) is 2.60. The van der Waals surface area contributed by atoms with Crippen LogP contribution < -0.4 is 5.69 Å². The third kappa shape index (κ3) is 2.01. The SMILES string of the molecule is Cc1ccnc2c1n(C(C)C)c(=O)n2-c1ccc(O)cc1. The normalized spacial score (nSPS) is 11.4. The van der Waals surface area contributed by atoms with Gasteiger partial charge in [-0.2, -0.15) is 0 Å². The number of hydrogen-bond acceptors (Lipinski definition) is 3. The molecule has 108 valence electrons. The van der Waals surface area contributed by atoms with Crippen LogP contribution in [0.3, 0.4) is 0 Å². The lowest BCUT2D eigenvalue weighted by Crippen LogP contribution is -2.24. The summed E-state index contributed by atoms with van der Waals surface area (Å²) in [6.07, 6.45) is 1.71. The van der Waals surface area contributed by atoms with Crippen LogP contribution in [0.5, 0.6) is 5.75 Å². The summed E-state index contributed by atoms with van der Waals surface area (Å²) in [4.78, 5) is 17.2. The molecule has 0 amide bonds. The zero-order valence-corrected chi connectivity index (χ0v) is 12.2. The summed E-state index contributed by atoms with van der Waals surface area (Å²) in [7, 11) is 0. The molecule has 0 fully saturated rings. The van der Waals surface area contributed by atoms with E-state index in [2.05, 4.69) is 4.98 Å². The molecule has 1 N–H and O–H groups in total. The maximum absolute atomic E-state index is 12.8. The maximum Gasteiger partial charge on any atom is 0.335 e. The van der Waals surface area contributed by atoms with Crippen LogP contribution in [0.25, 0.3) is 16.9 Å². The van der Waals surface area contributed by atoms with E-state index in [1.165, 1.54) is 0 Å². The van der Waals surface area contributed by atoms with Gasteiger partial charge >= 0.3 is 5.69 Å². The van der Waals surface area contributed by atoms with Crippen LogP contribution in [0.15, 0.2) is 41.3 Å². The first-order chi connectivity index (χ1) is 10.0. The van der Waals surface area contributed by atoms with Crippen molar-refractivity contribution in [2.45, 2.75) is 26.8 Å². The van der Waals surface area contributed by atoms with Crippen molar-refractivity contribution in [1.82, 2.24) is 14.1 Å². The predicted octanol–water partition coefficient (Wildman–Crippen LogP) is 2.78. The molecule has 0 aliphatic rings. The second-order valence-electron chi connectivity index (χ2n) is 5.40. The monoisotopic (exact) mass is 283 g/mol. The number of aryl methyl sites for hydroxylation is 1. The molecule has 1 aromatic carbocycles. The Morgan fingerprint density at radius 3 is 2.43 bits per heavy atom. The fraction of sp³-hybridized carbons (Fsp3) is 0.250. The van der Waals surface area contributed by atoms with E-state index in [1.807, 2.05) is 26.8 Å². The molecule has 2 aromatic heterocycles. The first kappa shape index (κ1) is 13.4. The topological polar surface area (TPSA) is 60.0 Å². The molecule has 3 aromatic rings. The predicted molar refractivity (Wildman–Crippen MR) is 82.1 cm³/mol. The van der Waals surface area contributed by atoms with Gasteiger partial charge in [0, 0.05) is 12.2 Å². The minimum atomic E-state index is -0.118. The summed E-state index contributed by atoms with van der Waals surface area (Å²) in [6, 6.07) is 8.50. The first-order valence-electron chi connectivity index (χ1n) is 6.88. The highest BCUT2D eigenvalue weighted by Crippen LogP contribution is 2.22. The molecule has 0 bridgehead atoms. The molecule has 0 saturated carbocycles. The zero-order valence-electron chi connectivity index (χ0n) is 12.2. The maximum atomic E-state index is 12.8. The van der Waals surface area contributed by atoms with E-state index in [0.717, 1.165) is 11.1 Å². The summed E-state index contributed by atoms with van der Waals surface area (Å²) in [5.74, 6) is 0.170. The van der Waals surface area contributed by atoms with Crippen LogP contribution in [0.2, 0.25) is 0 Å². The Balaban J connectivity index is 2.44. The number of aromatic nitrogens is 3. The van der Waals surface area contributed by atoms with Gasteiger partial charge in [0.25, 0.3) is 0 Å². The summed E-state index contributed by atoms with van der Waals surface area (Å²) >= 11 is 0. The second-order valence-corrected chi connectivity index (χ2v) is 5.40. The van der Waals surface area contributed by atoms with Gasteiger partial charge in [-0.05, 0) is 56.7 Å². The lowest BCUT2D eigenvalue weighted by molar-refractivity contribution is 0.475. The Labute approximate surface area is 122 Å². The molecule has 5 heteroatoms. The van der Waals surface area contributed by atoms with Crippen LogP contribution in [-0.4, -0.2) is 19.2 Å². The Hall–Kier alpha value is -2.56. The summed E-state index contributed by atoms with van der Waals surface area (Å²) < 4.78 is 3.34. The minimum absolute atomic E-state index is 0.0428. The third-order valence-corrected chi connectivity index (χ3v) is 3.58. The summed E-state index contributed by atoms with van der Waals surface area (Å²) in [5.41, 5.74) is 3.08. The number of imidazole rings is 1. The molecule has 0 spiro atoms. The number of hydrogen-bond donors (Lipinski definition) is 1. The Morgan fingerprint density at radius 2 is 1.81 bits per heavy atom. The first-order valence-corrected chi connectivity index (χ1v) is 6.88. The smallest absolute Gasteiger partial charge is 0.335 e. The van der Waals surface area contributed by atoms with Crippen LogP contribution >= 0.6 is 0 Å². The van der Waals surface area contributed by atoms with Gasteiger partial charge in [0.05, 0.1) is 11.2 Å². The average molecular weight is 283 g/mol. The molecule has 0 unspecified atom stereocenters. The molecule has 0 aliphatic heterocycles. The number of aromatic hydroxyl groups is 1. The molecule has 0 saturated heterocycles. The fourth-order valence-electron chi connectivity index (χ4n) is 2.60. The molecular formula is C16H17N3O2. The molecule has 5 nitrogen and oxygen atoms in total. The zero-order chi connectivity index (χ0) is 15.1. The third-order valence-electron chi connectivity index (χ3n) is 3.58. The number of fused-ring (bicyclic) bond motifs is 1. The number of rotatable bonds is 2. The standard InChI is InChI=1S/C16H17N3O2/c1-10(2)18-14-11(3)8-9-17-15(14)19(16(18)21)12-4-6-13(20)7-5-12/h4-10,20H,1-3H3. The van der Waals surface area contributed by atoms with E-state index in [1.54, 1.807) is 39.6 Å². The number of phenols is 1. The van der Waals surface area contributed by atoms with E-state index in [9.17, 15) is 9.90 Å². The molecule has 21 heavy (non-hydrogen) atoms. The molecule has 3 rings (SSSR count). The number of pyridine rings is 1. The van der Waals surface area contributed by atoms with Crippen LogP contribution in [0.1, 0.15) is 25.5 Å². The summed E-state index contributed by atoms with van der Waals surface area (Å²) in [5, 5.41) is 9.42. The molecular weight excluding hydrogens is 266 g/mol. The van der Waals surface area contributed by atoms with Gasteiger partial charge in [-0.1, -0.05) is 0 Å². The lowest BCUT2D eigenvalue weighted by Gasteiger charge is -2.07. The largest absolute Gasteiger partial charge is 0.508 e. The Morgan fingerprint density at radius 1 is 1.14 bits per heavy atom. The highest BCUT2D eigenvalue weighted by atomic mass is 16.3. The van der Waals surface area contributed by atoms with E-state index < -0.39 is 0 Å². The van der Waals surface area contributed by atoms with Crippen molar-refractivity contribution >= 4 is 11.2 Å². The molecule has 2 heterocycles. The summed E-state index contributed by atoms with van der Waals surface area (Å²) in [6.45, 7) is 5.94. The molecule has 0 atom stereocenters. The van der Waals surface area contributed by atoms with Crippen molar-refractivity contribution in [2.75, 3.05) is 0 Å². The van der Waals surface area contributed by atoms with E-state index in [0.29, 0.717) is 11.3 Å². The van der Waals surface area contributed by atoms with Gasteiger partial charge in [0.2, 0.25) is 0 Å². The Kier molecular flexibility index (Phi) is 3.05. The van der Waals surface area contributed by atoms with Gasteiger partial charge in [-0.25, -0.2) is 14.3 Å². The van der Waals surface area contributed by atoms with Crippen LogP contribution in [-0.2, 0) is 0 Å². The number of benzene rings is 1. The van der Waals surface area contributed by atoms with Crippen LogP contribution in [0.4, 0.5) is 0 Å². The van der Waals surface area contributed by atoms with Crippen molar-refractivity contribution in [1.29, 1.82) is 0 Å². The van der Waals surface area contributed by atoms with E-state index in [4.69, 9.17) is 0 Å². The van der Waals surface area contributed by atoms with Crippen molar-refractivity contribution < 1.29 is 5.11 Å². The second kappa shape index (κ2) is 4.77. The number of phenolic OH excluding ortho intramolecular Hbond substituents is 1. The molecule has 0 radical (unpaired) electrons. The van der Waals surface area contributed by atoms with Gasteiger partial charge in [-0.3, -0.25) is 4.57 Å². The quantitative estimate of drug-likeness (QED) is 0.786. The van der Waals surface area contributed by atoms with Gasteiger partial charge in [0.1, 0.15) is 5.75 Å². The van der Waals surface area contributed by atoms with Crippen LogP contribution in [0, 0.1) is 6.92 Å². The highest BCUT2D eigenvalue weighted by Gasteiger charge is 2.18. The average Bonchev–Trinajstić information content (AvgIpc) is 2.74. The van der Waals surface area contributed by atoms with Gasteiger partial charge in [-0.15, -0.1) is 0 Å². The van der Waals surface area contributed by atoms with Crippen molar-refractivity contribution in [3.8, 4) is 11.4 Å². The lowest BCUT2D eigenvalue weighted by atomic mass is 10.2. The molecule has 0 aliphatic carbocycles. The van der Waals surface area contributed by atoms with Gasteiger partial charge in [0.15, 0.2) is 5.65 Å². The highest BCUT2D eigenvalue weighted by molar-refractivity contribution is 5.77. The van der Waals surface area contributed by atoms with Crippen molar-refractivity contribution in [3.63, 3.8) is 0 Å². The van der Waals surface area contributed by atoms with Gasteiger partial charge < -0.3 is 5.11 Å². The van der Waals surface area contributed by atoms with Crippen molar-refractivity contribution in [3.05, 3.63) is 52.6 Å². The van der Waals surface area contributed by atoms with E-state index in [-0.39, 0.29) is 17.5 Å².